The quantitative estimate of drug-likeness (QED) is 0.187. The van der Waals surface area contributed by atoms with Crippen LogP contribution < -0.4 is 5.32 Å². The van der Waals surface area contributed by atoms with Gasteiger partial charge in [0.15, 0.2) is 23.3 Å². The fourth-order valence-electron chi connectivity index (χ4n) is 4.82. The highest BCUT2D eigenvalue weighted by Crippen LogP contribution is 2.57. The molecule has 7 atom stereocenters. The lowest BCUT2D eigenvalue weighted by Gasteiger charge is -2.51. The first-order chi connectivity index (χ1) is 14.5. The van der Waals surface area contributed by atoms with Crippen LogP contribution in [0.15, 0.2) is 35.1 Å². The Labute approximate surface area is 179 Å². The number of ketones is 2. The third-order valence-electron chi connectivity index (χ3n) is 6.67. The molecule has 1 amide bonds. The molecular formula is C22H27NO8. The molecule has 4 heterocycles. The number of hydrogen-bond donors (Lipinski definition) is 3. The van der Waals surface area contributed by atoms with Crippen LogP contribution in [0.1, 0.15) is 27.7 Å². The number of amides is 1. The molecule has 168 valence electrons. The van der Waals surface area contributed by atoms with Gasteiger partial charge in [0, 0.05) is 11.8 Å². The van der Waals surface area contributed by atoms with Gasteiger partial charge >= 0.3 is 0 Å². The molecule has 0 aliphatic carbocycles. The summed E-state index contributed by atoms with van der Waals surface area (Å²) < 4.78 is 17.8. The number of aliphatic hydroxyl groups is 2. The van der Waals surface area contributed by atoms with Crippen molar-refractivity contribution in [3.05, 3.63) is 35.1 Å². The van der Waals surface area contributed by atoms with Crippen molar-refractivity contribution in [2.45, 2.75) is 57.4 Å². The molecule has 0 aromatic heterocycles. The smallest absolute Gasteiger partial charge is 0.259 e. The van der Waals surface area contributed by atoms with E-state index in [0.29, 0.717) is 0 Å². The number of rotatable bonds is 5. The Morgan fingerprint density at radius 1 is 1.26 bits per heavy atom. The molecule has 3 N–H and O–H groups in total. The van der Waals surface area contributed by atoms with E-state index >= 15 is 0 Å². The minimum absolute atomic E-state index is 0.116. The number of aliphatic hydroxyl groups excluding tert-OH is 2. The highest BCUT2D eigenvalue weighted by molar-refractivity contribution is 6.25. The molecule has 31 heavy (non-hydrogen) atoms. The van der Waals surface area contributed by atoms with Crippen molar-refractivity contribution in [2.75, 3.05) is 13.2 Å². The second-order valence-corrected chi connectivity index (χ2v) is 8.84. The van der Waals surface area contributed by atoms with Crippen molar-refractivity contribution in [3.8, 4) is 0 Å². The minimum atomic E-state index is -1.23. The van der Waals surface area contributed by atoms with E-state index in [4.69, 9.17) is 14.2 Å². The maximum Gasteiger partial charge on any atom is 0.259 e. The SMILES string of the molecule is CC(/C=C/C(O)=C1/C(=O)CNC1=O)=C\[C@@H](C)C1OC2(C)OC(C(=O)[C@@H]3O[C@@]32CO)C1C. The van der Waals surface area contributed by atoms with Crippen LogP contribution in [0.4, 0.5) is 0 Å². The molecule has 9 nitrogen and oxygen atoms in total. The van der Waals surface area contributed by atoms with Crippen LogP contribution in [-0.4, -0.2) is 70.5 Å². The maximum atomic E-state index is 12.7. The van der Waals surface area contributed by atoms with Crippen molar-refractivity contribution in [3.63, 3.8) is 0 Å². The molecule has 2 bridgehead atoms. The van der Waals surface area contributed by atoms with E-state index in [1.807, 2.05) is 26.8 Å². The molecule has 4 aliphatic rings. The number of carbonyl (C=O) groups is 3. The number of epoxide rings is 1. The number of Topliss-reactive ketones (excluding diaryl/α,β-unsaturated/α-hetero) is 2. The minimum Gasteiger partial charge on any atom is -0.507 e. The van der Waals surface area contributed by atoms with Crippen LogP contribution in [0.5, 0.6) is 0 Å². The molecule has 0 aromatic carbocycles. The largest absolute Gasteiger partial charge is 0.507 e. The Hall–Kier alpha value is -2.33. The predicted octanol–water partition coefficient (Wildman–Crippen LogP) is 0.485. The van der Waals surface area contributed by atoms with Gasteiger partial charge in [-0.1, -0.05) is 31.6 Å². The number of fused-ring (bicyclic) bond motifs is 4. The van der Waals surface area contributed by atoms with Crippen molar-refractivity contribution in [2.24, 2.45) is 11.8 Å². The predicted molar refractivity (Wildman–Crippen MR) is 107 cm³/mol. The Bertz CT molecular complexity index is 918. The zero-order valence-electron chi connectivity index (χ0n) is 17.9. The second kappa shape index (κ2) is 7.37. The summed E-state index contributed by atoms with van der Waals surface area (Å²) in [5.74, 6) is -3.20. The zero-order chi connectivity index (χ0) is 22.7. The number of carbonyl (C=O) groups excluding carboxylic acids is 3. The first-order valence-corrected chi connectivity index (χ1v) is 10.3. The molecule has 4 unspecified atom stereocenters. The van der Waals surface area contributed by atoms with Crippen molar-refractivity contribution in [1.82, 2.24) is 5.32 Å². The summed E-state index contributed by atoms with van der Waals surface area (Å²) in [4.78, 5) is 36.0. The monoisotopic (exact) mass is 433 g/mol. The highest BCUT2D eigenvalue weighted by Gasteiger charge is 2.78. The van der Waals surface area contributed by atoms with Crippen molar-refractivity contribution < 1.29 is 38.8 Å². The standard InChI is InChI=1S/C22H27NO8/c1-10(5-6-13(25)15-14(26)8-23-20(15)28)7-11(2)17-12(3)18-16(27)19-22(9-24,31-19)21(4,29-17)30-18/h5-7,11-12,17-19,24-25H,8-9H2,1-4H3,(H,23,28)/b6-5+,10-7+,15-13+/t11-,12?,17?,18?,19+,21?,22+/m1/s1. The number of ether oxygens (including phenoxy) is 3. The summed E-state index contributed by atoms with van der Waals surface area (Å²) in [6, 6.07) is 0. The Morgan fingerprint density at radius 2 is 1.97 bits per heavy atom. The molecule has 9 heteroatoms. The summed E-state index contributed by atoms with van der Waals surface area (Å²) >= 11 is 0. The molecule has 0 saturated carbocycles. The normalized spacial score (nSPS) is 42.5. The molecular weight excluding hydrogens is 406 g/mol. The van der Waals surface area contributed by atoms with Gasteiger partial charge in [-0.3, -0.25) is 14.4 Å². The Kier molecular flexibility index (Phi) is 5.20. The fourth-order valence-corrected chi connectivity index (χ4v) is 4.82. The van der Waals surface area contributed by atoms with Gasteiger partial charge in [-0.2, -0.15) is 0 Å². The van der Waals surface area contributed by atoms with Crippen LogP contribution in [0.3, 0.4) is 0 Å². The first-order valence-electron chi connectivity index (χ1n) is 10.3. The van der Waals surface area contributed by atoms with Crippen LogP contribution in [0.25, 0.3) is 0 Å². The molecule has 4 rings (SSSR count). The number of nitrogens with one attached hydrogen (secondary N) is 1. The lowest BCUT2D eigenvalue weighted by molar-refractivity contribution is -0.355. The van der Waals surface area contributed by atoms with E-state index in [1.165, 1.54) is 6.08 Å². The van der Waals surface area contributed by atoms with E-state index in [0.717, 1.165) is 5.57 Å². The highest BCUT2D eigenvalue weighted by atomic mass is 16.8. The van der Waals surface area contributed by atoms with Crippen LogP contribution in [0, 0.1) is 11.8 Å². The van der Waals surface area contributed by atoms with Gasteiger partial charge in [0.1, 0.15) is 17.4 Å². The fraction of sp³-hybridized carbons (Fsp3) is 0.591. The van der Waals surface area contributed by atoms with Crippen LogP contribution in [-0.2, 0) is 28.6 Å². The van der Waals surface area contributed by atoms with Crippen molar-refractivity contribution in [1.29, 1.82) is 0 Å². The zero-order valence-corrected chi connectivity index (χ0v) is 17.9. The summed E-state index contributed by atoms with van der Waals surface area (Å²) in [5, 5.41) is 22.3. The van der Waals surface area contributed by atoms with Gasteiger partial charge in [0.05, 0.1) is 19.3 Å². The molecule has 0 aromatic rings. The van der Waals surface area contributed by atoms with E-state index in [2.05, 4.69) is 5.32 Å². The third-order valence-corrected chi connectivity index (χ3v) is 6.67. The van der Waals surface area contributed by atoms with Gasteiger partial charge in [-0.15, -0.1) is 0 Å². The second-order valence-electron chi connectivity index (χ2n) is 8.84. The number of allylic oxidation sites excluding steroid dienone is 3. The van der Waals surface area contributed by atoms with Gasteiger partial charge in [-0.05, 0) is 19.9 Å². The lowest BCUT2D eigenvalue weighted by atomic mass is 9.78. The van der Waals surface area contributed by atoms with E-state index < -0.39 is 35.3 Å². The van der Waals surface area contributed by atoms with Gasteiger partial charge in [0.25, 0.3) is 5.91 Å². The molecule has 0 spiro atoms. The van der Waals surface area contributed by atoms with E-state index in [9.17, 15) is 24.6 Å². The molecule has 0 radical (unpaired) electrons. The molecule has 4 aliphatic heterocycles. The van der Waals surface area contributed by atoms with E-state index in [-0.39, 0.29) is 48.2 Å². The first kappa shape index (κ1) is 21.9. The summed E-state index contributed by atoms with van der Waals surface area (Å²) in [6.45, 7) is 6.84. The summed E-state index contributed by atoms with van der Waals surface area (Å²) in [5.41, 5.74) is -0.637. The van der Waals surface area contributed by atoms with Gasteiger partial charge in [0.2, 0.25) is 5.79 Å². The van der Waals surface area contributed by atoms with Gasteiger partial charge < -0.3 is 29.7 Å². The average molecular weight is 433 g/mol. The summed E-state index contributed by atoms with van der Waals surface area (Å²) in [6.07, 6.45) is 3.07. The average Bonchev–Trinajstić information content (AvgIpc) is 3.40. The van der Waals surface area contributed by atoms with E-state index in [1.54, 1.807) is 13.0 Å². The molecule has 4 saturated heterocycles. The Morgan fingerprint density at radius 3 is 2.58 bits per heavy atom. The summed E-state index contributed by atoms with van der Waals surface area (Å²) in [7, 11) is 0. The van der Waals surface area contributed by atoms with Crippen LogP contribution in [0.2, 0.25) is 0 Å². The number of hydrogen-bond acceptors (Lipinski definition) is 8. The Balaban J connectivity index is 1.53. The van der Waals surface area contributed by atoms with Gasteiger partial charge in [-0.25, -0.2) is 0 Å². The third kappa shape index (κ3) is 3.27. The molecule has 4 fully saturated rings. The lowest BCUT2D eigenvalue weighted by Crippen LogP contribution is -2.67. The van der Waals surface area contributed by atoms with Crippen LogP contribution >= 0.6 is 0 Å². The van der Waals surface area contributed by atoms with Crippen molar-refractivity contribution >= 4 is 17.5 Å². The maximum absolute atomic E-state index is 12.7. The topological polar surface area (TPSA) is 135 Å².